The maximum atomic E-state index is 9.55. The molecule has 41 valence electrons. The lowest BCUT2D eigenvalue weighted by atomic mass is 10.7. The summed E-state index contributed by atoms with van der Waals surface area (Å²) in [7, 11) is 0. The summed E-state index contributed by atoms with van der Waals surface area (Å²) in [5.74, 6) is 4.77. The van der Waals surface area contributed by atoms with Gasteiger partial charge in [0.2, 0.25) is 6.41 Å². The highest BCUT2D eigenvalue weighted by Gasteiger charge is 1.97. The molecule has 4 nitrogen and oxygen atoms in total. The molecule has 4 heteroatoms. The smallest absolute Gasteiger partial charge is 0.226 e. The Labute approximate surface area is 41.5 Å². The molecule has 1 amide bonds. The highest BCUT2D eigenvalue weighted by molar-refractivity contribution is 5.45. The second-order valence-corrected chi connectivity index (χ2v) is 1.03. The molecule has 0 bridgehead atoms. The summed E-state index contributed by atoms with van der Waals surface area (Å²) in [5, 5.41) is 8.83. The average Bonchev–Trinajstić information content (AvgIpc) is 1.65. The van der Waals surface area contributed by atoms with Crippen molar-refractivity contribution < 1.29 is 9.90 Å². The molecule has 1 unspecified atom stereocenters. The fourth-order valence-electron chi connectivity index (χ4n) is 0.0702. The Morgan fingerprint density at radius 3 is 2.43 bits per heavy atom. The summed E-state index contributed by atoms with van der Waals surface area (Å²) in [4.78, 5) is 9.55. The monoisotopic (exact) mass is 103 g/mol. The van der Waals surface area contributed by atoms with E-state index in [1.165, 1.54) is 0 Å². The Kier molecular flexibility index (Phi) is 2.32. The quantitative estimate of drug-likeness (QED) is 0.146. The summed E-state index contributed by atoms with van der Waals surface area (Å²) < 4.78 is 0. The van der Waals surface area contributed by atoms with Gasteiger partial charge in [0.25, 0.3) is 0 Å². The Bertz CT molecular complexity index is 64.0. The average molecular weight is 103 g/mol. The summed E-state index contributed by atoms with van der Waals surface area (Å²) >= 11 is 0. The number of amides is 1. The molecule has 0 aliphatic rings. The number of aliphatic hydroxyl groups is 1. The van der Waals surface area contributed by atoms with Crippen LogP contribution in [0.2, 0.25) is 0 Å². The Hall–Kier alpha value is -0.610. The molecule has 0 fully saturated rings. The predicted octanol–water partition coefficient (Wildman–Crippen LogP) is -1.53. The minimum atomic E-state index is -1.14. The van der Waals surface area contributed by atoms with E-state index in [4.69, 9.17) is 10.9 Å². The van der Waals surface area contributed by atoms with Gasteiger partial charge in [-0.15, -0.1) is 0 Å². The van der Waals surface area contributed by atoms with Crippen LogP contribution in [-0.4, -0.2) is 22.8 Å². The molecule has 0 rings (SSSR count). The van der Waals surface area contributed by atoms with E-state index < -0.39 is 6.23 Å². The van der Waals surface area contributed by atoms with Crippen molar-refractivity contribution in [2.45, 2.75) is 6.23 Å². The van der Waals surface area contributed by atoms with E-state index in [1.807, 2.05) is 0 Å². The van der Waals surface area contributed by atoms with Gasteiger partial charge in [-0.25, -0.2) is 5.84 Å². The van der Waals surface area contributed by atoms with Gasteiger partial charge < -0.3 is 5.11 Å². The molecule has 0 aliphatic heterocycles. The lowest BCUT2D eigenvalue weighted by molar-refractivity contribution is -0.125. The number of hydrogen-bond acceptors (Lipinski definition) is 3. The normalized spacial score (nSPS) is 13.0. The number of carbonyl (C=O) groups is 1. The van der Waals surface area contributed by atoms with Gasteiger partial charge in [-0.1, -0.05) is 0 Å². The lowest BCUT2D eigenvalue weighted by Crippen LogP contribution is -2.37. The molecule has 0 spiro atoms. The van der Waals surface area contributed by atoms with Crippen LogP contribution in [0.5, 0.6) is 0 Å². The van der Waals surface area contributed by atoms with Gasteiger partial charge in [0, 0.05) is 0 Å². The third-order valence-electron chi connectivity index (χ3n) is 0.466. The number of hydrogen-bond donors (Lipinski definition) is 2. The first kappa shape index (κ1) is 6.39. The highest BCUT2D eigenvalue weighted by Crippen LogP contribution is 1.76. The second kappa shape index (κ2) is 2.54. The van der Waals surface area contributed by atoms with Gasteiger partial charge in [-0.2, -0.15) is 0 Å². The van der Waals surface area contributed by atoms with Crippen LogP contribution in [0.25, 0.3) is 0 Å². The molecule has 0 aliphatic carbocycles. The molecule has 1 radical (unpaired) electrons. The Balaban J connectivity index is 3.33. The standard InChI is InChI=1S/C3H7N2O2/c1-3(7)5(4)2-6/h2-3,7H,1,4H2. The van der Waals surface area contributed by atoms with Crippen molar-refractivity contribution in [1.29, 1.82) is 0 Å². The molecule has 0 aromatic carbocycles. The van der Waals surface area contributed by atoms with Crippen molar-refractivity contribution in [2.24, 2.45) is 5.84 Å². The molecular formula is C3H7N2O2. The zero-order valence-corrected chi connectivity index (χ0v) is 3.74. The van der Waals surface area contributed by atoms with Crippen molar-refractivity contribution in [1.82, 2.24) is 5.01 Å². The first-order chi connectivity index (χ1) is 3.18. The summed E-state index contributed by atoms with van der Waals surface area (Å²) in [6.45, 7) is 3.03. The second-order valence-electron chi connectivity index (χ2n) is 1.03. The van der Waals surface area contributed by atoms with E-state index in [-0.39, 0.29) is 6.41 Å². The minimum absolute atomic E-state index is 0.289. The fraction of sp³-hybridized carbons (Fsp3) is 0.333. The molecule has 0 saturated heterocycles. The van der Waals surface area contributed by atoms with Crippen molar-refractivity contribution in [3.8, 4) is 0 Å². The van der Waals surface area contributed by atoms with Crippen LogP contribution >= 0.6 is 0 Å². The van der Waals surface area contributed by atoms with Crippen LogP contribution < -0.4 is 5.84 Å². The molecule has 3 N–H and O–H groups in total. The Morgan fingerprint density at radius 2 is 2.43 bits per heavy atom. The van der Waals surface area contributed by atoms with Crippen LogP contribution in [0.1, 0.15) is 0 Å². The predicted molar refractivity (Wildman–Crippen MR) is 23.5 cm³/mol. The largest absolute Gasteiger partial charge is 0.372 e. The molecule has 0 saturated carbocycles. The van der Waals surface area contributed by atoms with Gasteiger partial charge >= 0.3 is 0 Å². The van der Waals surface area contributed by atoms with Crippen LogP contribution in [0.3, 0.4) is 0 Å². The fourth-order valence-corrected chi connectivity index (χ4v) is 0.0702. The number of aliphatic hydroxyl groups excluding tert-OH is 1. The number of nitrogens with two attached hydrogens (primary N) is 1. The van der Waals surface area contributed by atoms with Gasteiger partial charge in [-0.3, -0.25) is 9.80 Å². The van der Waals surface area contributed by atoms with Crippen molar-refractivity contribution in [2.75, 3.05) is 0 Å². The van der Waals surface area contributed by atoms with Gasteiger partial charge in [0.15, 0.2) is 0 Å². The molecule has 0 heterocycles. The summed E-state index contributed by atoms with van der Waals surface area (Å²) in [5.41, 5.74) is 0. The van der Waals surface area contributed by atoms with E-state index in [1.54, 1.807) is 0 Å². The van der Waals surface area contributed by atoms with Crippen LogP contribution in [0, 0.1) is 6.92 Å². The van der Waals surface area contributed by atoms with E-state index in [0.29, 0.717) is 5.01 Å². The number of rotatable bonds is 2. The van der Waals surface area contributed by atoms with E-state index in [2.05, 4.69) is 6.92 Å². The molecule has 0 aromatic rings. The van der Waals surface area contributed by atoms with Crippen molar-refractivity contribution >= 4 is 6.41 Å². The lowest BCUT2D eigenvalue weighted by Gasteiger charge is -2.11. The minimum Gasteiger partial charge on any atom is -0.372 e. The van der Waals surface area contributed by atoms with Gasteiger partial charge in [0.05, 0.1) is 0 Å². The number of nitrogens with zero attached hydrogens (tertiary/aromatic N) is 1. The first-order valence-electron chi connectivity index (χ1n) is 1.68. The van der Waals surface area contributed by atoms with Crippen LogP contribution in [0.15, 0.2) is 0 Å². The van der Waals surface area contributed by atoms with Gasteiger partial charge in [0.1, 0.15) is 6.23 Å². The van der Waals surface area contributed by atoms with Gasteiger partial charge in [-0.05, 0) is 6.92 Å². The number of hydrazine groups is 1. The zero-order chi connectivity index (χ0) is 5.86. The summed E-state index contributed by atoms with van der Waals surface area (Å²) in [6.07, 6.45) is -0.852. The van der Waals surface area contributed by atoms with Crippen LogP contribution in [-0.2, 0) is 4.79 Å². The molecule has 1 atom stereocenters. The third-order valence-corrected chi connectivity index (χ3v) is 0.466. The maximum Gasteiger partial charge on any atom is 0.226 e. The number of carbonyl (C=O) groups excluding carboxylic acids is 1. The van der Waals surface area contributed by atoms with Crippen molar-refractivity contribution in [3.63, 3.8) is 0 Å². The summed E-state index contributed by atoms with van der Waals surface area (Å²) in [6, 6.07) is 0. The first-order valence-corrected chi connectivity index (χ1v) is 1.68. The SMILES string of the molecule is [CH2]C(O)N(N)C=O. The van der Waals surface area contributed by atoms with Crippen LogP contribution in [0.4, 0.5) is 0 Å². The molecular weight excluding hydrogens is 96.0 g/mol. The van der Waals surface area contributed by atoms with E-state index in [0.717, 1.165) is 0 Å². The maximum absolute atomic E-state index is 9.55. The zero-order valence-electron chi connectivity index (χ0n) is 3.74. The van der Waals surface area contributed by atoms with E-state index in [9.17, 15) is 4.79 Å². The Morgan fingerprint density at radius 1 is 2.00 bits per heavy atom. The van der Waals surface area contributed by atoms with E-state index >= 15 is 0 Å². The third kappa shape index (κ3) is 2.13. The molecule has 7 heavy (non-hydrogen) atoms. The highest BCUT2D eigenvalue weighted by atomic mass is 16.3. The van der Waals surface area contributed by atoms with Crippen molar-refractivity contribution in [3.05, 3.63) is 6.92 Å². The molecule has 0 aromatic heterocycles. The topological polar surface area (TPSA) is 66.6 Å².